The number of aromatic nitrogens is 3. The molecule has 1 amide bonds. The summed E-state index contributed by atoms with van der Waals surface area (Å²) in [5, 5.41) is 11.0. The topological polar surface area (TPSA) is 96.7 Å². The van der Waals surface area contributed by atoms with Crippen molar-refractivity contribution >= 4 is 36.0 Å². The first-order valence-electron chi connectivity index (χ1n) is 10.5. The molecule has 0 radical (unpaired) electrons. The van der Waals surface area contributed by atoms with E-state index >= 15 is 0 Å². The fourth-order valence-electron chi connectivity index (χ4n) is 3.43. The summed E-state index contributed by atoms with van der Waals surface area (Å²) in [4.78, 5) is 22.4. The molecule has 2 aromatic rings. The number of carbonyl (C=O) groups excluding carboxylic acids is 1. The monoisotopic (exact) mass is 541 g/mol. The fraction of sp³-hybridized carbons (Fsp3) is 0.524. The molecule has 1 aliphatic heterocycles. The second kappa shape index (κ2) is 13.1. The lowest BCUT2D eigenvalue weighted by Gasteiger charge is -2.32. The smallest absolute Gasteiger partial charge is 0.409 e. The average molecular weight is 541 g/mol. The molecular weight excluding hydrogens is 509 g/mol. The molecule has 1 aliphatic rings. The Labute approximate surface area is 200 Å². The van der Waals surface area contributed by atoms with Gasteiger partial charge < -0.3 is 20.3 Å². The van der Waals surface area contributed by atoms with Gasteiger partial charge in [0.25, 0.3) is 0 Å². The van der Waals surface area contributed by atoms with E-state index in [0.29, 0.717) is 32.8 Å². The number of carbonyl (C=O) groups is 1. The van der Waals surface area contributed by atoms with Crippen molar-refractivity contribution in [2.75, 3.05) is 26.2 Å². The highest BCUT2D eigenvalue weighted by atomic mass is 127. The van der Waals surface area contributed by atoms with Gasteiger partial charge in [-0.15, -0.1) is 24.0 Å². The number of halogens is 1. The number of hydrogen-bond donors (Lipinski definition) is 2. The largest absolute Gasteiger partial charge is 0.450 e. The van der Waals surface area contributed by atoms with Gasteiger partial charge in [-0.2, -0.15) is 5.10 Å². The zero-order valence-electron chi connectivity index (χ0n) is 18.2. The van der Waals surface area contributed by atoms with Crippen molar-refractivity contribution in [1.82, 2.24) is 30.3 Å². The Hall–Kier alpha value is -2.37. The predicted molar refractivity (Wildman–Crippen MR) is 131 cm³/mol. The number of aliphatic imine (C=N–C) groups is 1. The van der Waals surface area contributed by atoms with Crippen LogP contribution in [0.15, 0.2) is 41.9 Å². The number of likely N-dealkylation sites (tertiary alicyclic amines) is 1. The van der Waals surface area contributed by atoms with Gasteiger partial charge in [-0.25, -0.2) is 19.5 Å². The Morgan fingerprint density at radius 3 is 2.71 bits per heavy atom. The van der Waals surface area contributed by atoms with Crippen LogP contribution in [0.25, 0.3) is 0 Å². The van der Waals surface area contributed by atoms with E-state index in [2.05, 4.69) is 45.8 Å². The van der Waals surface area contributed by atoms with E-state index in [9.17, 15) is 4.79 Å². The van der Waals surface area contributed by atoms with Crippen molar-refractivity contribution in [1.29, 1.82) is 0 Å². The van der Waals surface area contributed by atoms with E-state index in [1.165, 1.54) is 0 Å². The van der Waals surface area contributed by atoms with Crippen molar-refractivity contribution in [2.24, 2.45) is 4.99 Å². The van der Waals surface area contributed by atoms with Crippen LogP contribution in [0.1, 0.15) is 37.8 Å². The van der Waals surface area contributed by atoms with Crippen molar-refractivity contribution < 1.29 is 9.53 Å². The maximum atomic E-state index is 11.9. The van der Waals surface area contributed by atoms with Gasteiger partial charge in [0.15, 0.2) is 5.96 Å². The minimum atomic E-state index is -0.220. The van der Waals surface area contributed by atoms with Gasteiger partial charge in [-0.3, -0.25) is 0 Å². The van der Waals surface area contributed by atoms with Gasteiger partial charge in [0.05, 0.1) is 19.7 Å². The molecule has 0 atom stereocenters. The second-order valence-electron chi connectivity index (χ2n) is 7.21. The van der Waals surface area contributed by atoms with Crippen molar-refractivity contribution in [3.05, 3.63) is 48.0 Å². The van der Waals surface area contributed by atoms with Crippen LogP contribution in [0.4, 0.5) is 4.79 Å². The number of hydrogen-bond acceptors (Lipinski definition) is 5. The van der Waals surface area contributed by atoms with Crippen LogP contribution >= 0.6 is 24.0 Å². The van der Waals surface area contributed by atoms with Crippen LogP contribution < -0.4 is 10.6 Å². The predicted octanol–water partition coefficient (Wildman–Crippen LogP) is 2.62. The van der Waals surface area contributed by atoms with Gasteiger partial charge in [0.2, 0.25) is 0 Å². The molecule has 0 unspecified atom stereocenters. The van der Waals surface area contributed by atoms with Crippen molar-refractivity contribution in [2.45, 2.75) is 45.8 Å². The van der Waals surface area contributed by atoms with Crippen LogP contribution in [-0.2, 0) is 17.8 Å². The average Bonchev–Trinajstić information content (AvgIpc) is 3.26. The second-order valence-corrected chi connectivity index (χ2v) is 7.21. The highest BCUT2D eigenvalue weighted by molar-refractivity contribution is 14.0. The molecule has 170 valence electrons. The third-order valence-electron chi connectivity index (χ3n) is 4.93. The van der Waals surface area contributed by atoms with Crippen LogP contribution in [-0.4, -0.2) is 64.0 Å². The quantitative estimate of drug-likeness (QED) is 0.318. The fourth-order valence-corrected chi connectivity index (χ4v) is 3.43. The Morgan fingerprint density at radius 2 is 2.03 bits per heavy atom. The summed E-state index contributed by atoms with van der Waals surface area (Å²) in [6, 6.07) is 8.63. The number of guanidine groups is 1. The lowest BCUT2D eigenvalue weighted by Crippen LogP contribution is -2.49. The van der Waals surface area contributed by atoms with Crippen LogP contribution in [0.2, 0.25) is 0 Å². The number of ether oxygens (including phenoxy) is 1. The molecule has 1 saturated heterocycles. The molecular formula is C21H32IN7O2. The maximum Gasteiger partial charge on any atom is 0.409 e. The zero-order chi connectivity index (χ0) is 21.2. The van der Waals surface area contributed by atoms with E-state index in [-0.39, 0.29) is 36.1 Å². The normalized spacial score (nSPS) is 14.6. The number of nitrogens with one attached hydrogen (secondary N) is 2. The van der Waals surface area contributed by atoms with Crippen LogP contribution in [0.3, 0.4) is 0 Å². The van der Waals surface area contributed by atoms with Crippen LogP contribution in [0, 0.1) is 0 Å². The molecule has 0 saturated carbocycles. The summed E-state index contributed by atoms with van der Waals surface area (Å²) < 4.78 is 6.89. The molecule has 2 N–H and O–H groups in total. The Balaban J connectivity index is 0.00000341. The van der Waals surface area contributed by atoms with E-state index in [4.69, 9.17) is 9.73 Å². The highest BCUT2D eigenvalue weighted by Crippen LogP contribution is 2.12. The Morgan fingerprint density at radius 1 is 1.26 bits per heavy atom. The first kappa shape index (κ1) is 24.9. The highest BCUT2D eigenvalue weighted by Gasteiger charge is 2.24. The third kappa shape index (κ3) is 8.00. The van der Waals surface area contributed by atoms with Crippen molar-refractivity contribution in [3.8, 4) is 0 Å². The molecule has 1 aromatic carbocycles. The molecule has 3 rings (SSSR count). The SMILES string of the molecule is CCNC(=NCc1cccc(Cn2cncn2)c1)NC1CCN(C(=O)OCC)CC1.I. The van der Waals surface area contributed by atoms with Gasteiger partial charge in [0, 0.05) is 25.7 Å². The lowest BCUT2D eigenvalue weighted by atomic mass is 10.1. The van der Waals surface area contributed by atoms with Crippen LogP contribution in [0.5, 0.6) is 0 Å². The van der Waals surface area contributed by atoms with E-state index in [1.807, 2.05) is 13.0 Å². The summed E-state index contributed by atoms with van der Waals surface area (Å²) in [5.41, 5.74) is 2.31. The first-order chi connectivity index (χ1) is 14.7. The molecule has 10 heteroatoms. The van der Waals surface area contributed by atoms with E-state index in [1.54, 1.807) is 22.2 Å². The minimum Gasteiger partial charge on any atom is -0.450 e. The molecule has 0 spiro atoms. The molecule has 1 aromatic heterocycles. The molecule has 0 bridgehead atoms. The summed E-state index contributed by atoms with van der Waals surface area (Å²) in [6.07, 6.45) is 4.78. The molecule has 2 heterocycles. The Bertz CT molecular complexity index is 821. The lowest BCUT2D eigenvalue weighted by molar-refractivity contribution is 0.0963. The summed E-state index contributed by atoms with van der Waals surface area (Å²) in [6.45, 7) is 7.75. The Kier molecular flexibility index (Phi) is 10.5. The number of rotatable bonds is 7. The zero-order valence-corrected chi connectivity index (χ0v) is 20.5. The summed E-state index contributed by atoms with van der Waals surface area (Å²) >= 11 is 0. The standard InChI is InChI=1S/C21H31N7O2.HI/c1-3-23-20(26-19-8-10-27(11-9-19)21(29)30-4-2)24-13-17-6-5-7-18(12-17)14-28-16-22-15-25-28;/h5-7,12,15-16,19H,3-4,8-11,13-14H2,1-2H3,(H2,23,24,26);1H. The molecule has 1 fully saturated rings. The summed E-state index contributed by atoms with van der Waals surface area (Å²) in [7, 11) is 0. The van der Waals surface area contributed by atoms with E-state index < -0.39 is 0 Å². The number of benzene rings is 1. The number of nitrogens with zero attached hydrogens (tertiary/aromatic N) is 5. The van der Waals surface area contributed by atoms with Crippen molar-refractivity contribution in [3.63, 3.8) is 0 Å². The van der Waals surface area contributed by atoms with Gasteiger partial charge in [-0.05, 0) is 37.8 Å². The molecule has 31 heavy (non-hydrogen) atoms. The van der Waals surface area contributed by atoms with E-state index in [0.717, 1.165) is 36.5 Å². The number of piperidine rings is 1. The van der Waals surface area contributed by atoms with Gasteiger partial charge in [-0.1, -0.05) is 24.3 Å². The van der Waals surface area contributed by atoms with Gasteiger partial charge >= 0.3 is 6.09 Å². The van der Waals surface area contributed by atoms with Gasteiger partial charge in [0.1, 0.15) is 12.7 Å². The first-order valence-corrected chi connectivity index (χ1v) is 10.5. The minimum absolute atomic E-state index is 0. The molecule has 0 aliphatic carbocycles. The number of amides is 1. The molecule has 9 nitrogen and oxygen atoms in total. The summed E-state index contributed by atoms with van der Waals surface area (Å²) in [5.74, 6) is 0.800. The third-order valence-corrected chi connectivity index (χ3v) is 4.93. The maximum absolute atomic E-state index is 11.9.